The summed E-state index contributed by atoms with van der Waals surface area (Å²) in [6.45, 7) is 2.16. The molecule has 0 aliphatic carbocycles. The number of thiophene rings is 1. The van der Waals surface area contributed by atoms with E-state index in [4.69, 9.17) is 11.6 Å². The molecular formula is C15H11ClS. The highest BCUT2D eigenvalue weighted by atomic mass is 35.5. The monoisotopic (exact) mass is 258 g/mol. The van der Waals surface area contributed by atoms with Crippen LogP contribution in [0.1, 0.15) is 4.88 Å². The largest absolute Gasteiger partial charge is 0.138 e. The topological polar surface area (TPSA) is 0 Å². The molecule has 2 heteroatoms. The van der Waals surface area contributed by atoms with Gasteiger partial charge in [-0.2, -0.15) is 0 Å². The third-order valence-corrected chi connectivity index (χ3v) is 4.49. The van der Waals surface area contributed by atoms with Crippen LogP contribution < -0.4 is 0 Å². The molecule has 0 N–H and O–H groups in total. The van der Waals surface area contributed by atoms with Gasteiger partial charge < -0.3 is 0 Å². The van der Waals surface area contributed by atoms with E-state index in [0.717, 1.165) is 5.02 Å². The fourth-order valence-corrected chi connectivity index (χ4v) is 3.54. The number of hydrogen-bond acceptors (Lipinski definition) is 1. The summed E-state index contributed by atoms with van der Waals surface area (Å²) >= 11 is 8.01. The van der Waals surface area contributed by atoms with Crippen LogP contribution >= 0.6 is 22.9 Å². The van der Waals surface area contributed by atoms with Gasteiger partial charge in [-0.1, -0.05) is 54.1 Å². The summed E-state index contributed by atoms with van der Waals surface area (Å²) < 4.78 is 1.19. The minimum atomic E-state index is 0.845. The summed E-state index contributed by atoms with van der Waals surface area (Å²) in [7, 11) is 0. The average Bonchev–Trinajstić information content (AvgIpc) is 2.68. The number of rotatable bonds is 1. The average molecular weight is 259 g/mol. The zero-order valence-electron chi connectivity index (χ0n) is 9.41. The maximum atomic E-state index is 6.24. The molecule has 0 atom stereocenters. The van der Waals surface area contributed by atoms with Crippen molar-refractivity contribution >= 4 is 33.0 Å². The van der Waals surface area contributed by atoms with Crippen LogP contribution in [0.25, 0.3) is 21.2 Å². The first-order valence-corrected chi connectivity index (χ1v) is 6.70. The zero-order chi connectivity index (χ0) is 11.8. The van der Waals surface area contributed by atoms with Crippen LogP contribution in [-0.2, 0) is 0 Å². The van der Waals surface area contributed by atoms with Crippen molar-refractivity contribution < 1.29 is 0 Å². The number of halogens is 1. The molecular weight excluding hydrogens is 248 g/mol. The Labute approximate surface area is 109 Å². The smallest absolute Gasteiger partial charge is 0.0584 e. The van der Waals surface area contributed by atoms with Crippen molar-refractivity contribution in [3.8, 4) is 11.1 Å². The first kappa shape index (κ1) is 10.8. The predicted molar refractivity (Wildman–Crippen MR) is 77.0 cm³/mol. The summed E-state index contributed by atoms with van der Waals surface area (Å²) in [6.07, 6.45) is 0. The van der Waals surface area contributed by atoms with Gasteiger partial charge in [0.15, 0.2) is 0 Å². The quantitative estimate of drug-likeness (QED) is 0.538. The van der Waals surface area contributed by atoms with Gasteiger partial charge in [-0.15, -0.1) is 11.3 Å². The van der Waals surface area contributed by atoms with E-state index in [1.54, 1.807) is 11.3 Å². The van der Waals surface area contributed by atoms with Gasteiger partial charge in [0.2, 0.25) is 0 Å². The standard InChI is InChI=1S/C15H11ClS/c1-10-14(11-6-3-2-4-7-11)12-8-5-9-13(16)15(12)17-10/h2-9H,1H3. The summed E-state index contributed by atoms with van der Waals surface area (Å²) in [5, 5.41) is 2.10. The van der Waals surface area contributed by atoms with Crippen LogP contribution in [-0.4, -0.2) is 0 Å². The number of aryl methyl sites for hydroxylation is 1. The van der Waals surface area contributed by atoms with E-state index in [9.17, 15) is 0 Å². The molecule has 0 saturated heterocycles. The number of hydrogen-bond donors (Lipinski definition) is 0. The Morgan fingerprint density at radius 3 is 2.47 bits per heavy atom. The van der Waals surface area contributed by atoms with Crippen LogP contribution in [0.15, 0.2) is 48.5 Å². The zero-order valence-corrected chi connectivity index (χ0v) is 11.0. The van der Waals surface area contributed by atoms with E-state index in [0.29, 0.717) is 0 Å². The van der Waals surface area contributed by atoms with E-state index in [1.165, 1.54) is 26.1 Å². The number of benzene rings is 2. The molecule has 17 heavy (non-hydrogen) atoms. The van der Waals surface area contributed by atoms with Crippen LogP contribution in [0.2, 0.25) is 5.02 Å². The Bertz CT molecular complexity index is 668. The molecule has 0 spiro atoms. The van der Waals surface area contributed by atoms with Gasteiger partial charge in [0.05, 0.1) is 9.72 Å². The van der Waals surface area contributed by atoms with Gasteiger partial charge in [-0.25, -0.2) is 0 Å². The Morgan fingerprint density at radius 1 is 0.941 bits per heavy atom. The summed E-state index contributed by atoms with van der Waals surface area (Å²) in [5.41, 5.74) is 2.58. The Kier molecular flexibility index (Phi) is 2.65. The maximum absolute atomic E-state index is 6.24. The molecule has 0 radical (unpaired) electrons. The van der Waals surface area contributed by atoms with Crippen LogP contribution in [0, 0.1) is 6.92 Å². The van der Waals surface area contributed by atoms with E-state index < -0.39 is 0 Å². The lowest BCUT2D eigenvalue weighted by Crippen LogP contribution is -1.77. The van der Waals surface area contributed by atoms with E-state index in [1.807, 2.05) is 18.2 Å². The molecule has 3 aromatic rings. The molecule has 1 heterocycles. The van der Waals surface area contributed by atoms with Crippen molar-refractivity contribution in [3.05, 3.63) is 58.4 Å². The van der Waals surface area contributed by atoms with Crippen molar-refractivity contribution in [3.63, 3.8) is 0 Å². The molecule has 3 rings (SSSR count). The Hall–Kier alpha value is -1.31. The Morgan fingerprint density at radius 2 is 1.71 bits per heavy atom. The predicted octanol–water partition coefficient (Wildman–Crippen LogP) is 5.53. The second-order valence-electron chi connectivity index (χ2n) is 4.02. The maximum Gasteiger partial charge on any atom is 0.0584 e. The lowest BCUT2D eigenvalue weighted by atomic mass is 10.0. The summed E-state index contributed by atoms with van der Waals surface area (Å²) in [5.74, 6) is 0. The first-order valence-electron chi connectivity index (χ1n) is 5.50. The molecule has 0 nitrogen and oxygen atoms in total. The Balaban J connectivity index is 2.37. The van der Waals surface area contributed by atoms with E-state index >= 15 is 0 Å². The molecule has 0 aliphatic rings. The second-order valence-corrected chi connectivity index (χ2v) is 5.65. The SMILES string of the molecule is Cc1sc2c(Cl)cccc2c1-c1ccccc1. The van der Waals surface area contributed by atoms with Gasteiger partial charge >= 0.3 is 0 Å². The minimum Gasteiger partial charge on any atom is -0.138 e. The van der Waals surface area contributed by atoms with Gasteiger partial charge in [-0.05, 0) is 18.6 Å². The lowest BCUT2D eigenvalue weighted by molar-refractivity contribution is 1.60. The highest BCUT2D eigenvalue weighted by Gasteiger charge is 2.12. The second kappa shape index (κ2) is 4.17. The lowest BCUT2D eigenvalue weighted by Gasteiger charge is -2.01. The molecule has 0 saturated carbocycles. The molecule has 2 aromatic carbocycles. The molecule has 84 valence electrons. The first-order chi connectivity index (χ1) is 8.27. The van der Waals surface area contributed by atoms with Crippen molar-refractivity contribution in [2.75, 3.05) is 0 Å². The highest BCUT2D eigenvalue weighted by Crippen LogP contribution is 2.40. The van der Waals surface area contributed by atoms with E-state index in [2.05, 4.69) is 37.3 Å². The van der Waals surface area contributed by atoms with Gasteiger partial charge in [0.25, 0.3) is 0 Å². The fraction of sp³-hybridized carbons (Fsp3) is 0.0667. The molecule has 1 aromatic heterocycles. The molecule has 0 fully saturated rings. The normalized spacial score (nSPS) is 10.9. The molecule has 0 bridgehead atoms. The molecule has 0 aliphatic heterocycles. The minimum absolute atomic E-state index is 0.845. The van der Waals surface area contributed by atoms with Crippen molar-refractivity contribution in [2.45, 2.75) is 6.92 Å². The third-order valence-electron chi connectivity index (χ3n) is 2.91. The molecule has 0 unspecified atom stereocenters. The van der Waals surface area contributed by atoms with Crippen LogP contribution in [0.4, 0.5) is 0 Å². The summed E-state index contributed by atoms with van der Waals surface area (Å²) in [6, 6.07) is 16.6. The van der Waals surface area contributed by atoms with Gasteiger partial charge in [0, 0.05) is 15.8 Å². The highest BCUT2D eigenvalue weighted by molar-refractivity contribution is 7.20. The molecule has 0 amide bonds. The van der Waals surface area contributed by atoms with Crippen LogP contribution in [0.5, 0.6) is 0 Å². The van der Waals surface area contributed by atoms with Gasteiger partial charge in [-0.3, -0.25) is 0 Å². The van der Waals surface area contributed by atoms with Crippen LogP contribution in [0.3, 0.4) is 0 Å². The van der Waals surface area contributed by atoms with E-state index in [-0.39, 0.29) is 0 Å². The van der Waals surface area contributed by atoms with Crippen molar-refractivity contribution in [1.82, 2.24) is 0 Å². The van der Waals surface area contributed by atoms with Crippen molar-refractivity contribution in [2.24, 2.45) is 0 Å². The third kappa shape index (κ3) is 1.76. The van der Waals surface area contributed by atoms with Crippen molar-refractivity contribution in [1.29, 1.82) is 0 Å². The van der Waals surface area contributed by atoms with Gasteiger partial charge in [0.1, 0.15) is 0 Å². The summed E-state index contributed by atoms with van der Waals surface area (Å²) in [4.78, 5) is 1.32. The fourth-order valence-electron chi connectivity index (χ4n) is 2.17. The number of fused-ring (bicyclic) bond motifs is 1.